The first-order valence-corrected chi connectivity index (χ1v) is 5.75. The second-order valence-electron chi connectivity index (χ2n) is 4.51. The Morgan fingerprint density at radius 2 is 1.82 bits per heavy atom. The first-order valence-electron chi connectivity index (χ1n) is 5.75. The molecule has 1 atom stereocenters. The van der Waals surface area contributed by atoms with Gasteiger partial charge in [0.1, 0.15) is 0 Å². The van der Waals surface area contributed by atoms with E-state index in [2.05, 4.69) is 5.32 Å². The summed E-state index contributed by atoms with van der Waals surface area (Å²) >= 11 is 0. The van der Waals surface area contributed by atoms with Crippen molar-refractivity contribution in [2.75, 3.05) is 13.1 Å². The van der Waals surface area contributed by atoms with Crippen molar-refractivity contribution in [1.29, 1.82) is 0 Å². The Bertz CT molecular complexity index is 327. The second-order valence-corrected chi connectivity index (χ2v) is 4.51. The molecule has 4 heteroatoms. The van der Waals surface area contributed by atoms with E-state index in [9.17, 15) is 13.9 Å². The molecule has 2 nitrogen and oxygen atoms in total. The van der Waals surface area contributed by atoms with Crippen LogP contribution in [0.2, 0.25) is 0 Å². The van der Waals surface area contributed by atoms with E-state index in [4.69, 9.17) is 0 Å². The molecule has 17 heavy (non-hydrogen) atoms. The molecule has 0 aromatic heterocycles. The third kappa shape index (κ3) is 4.40. The van der Waals surface area contributed by atoms with Crippen LogP contribution in [0.5, 0.6) is 0 Å². The fourth-order valence-electron chi connectivity index (χ4n) is 1.40. The van der Waals surface area contributed by atoms with Crippen LogP contribution in [0.4, 0.5) is 8.78 Å². The summed E-state index contributed by atoms with van der Waals surface area (Å²) < 4.78 is 27.3. The number of hydrogen-bond donors (Lipinski definition) is 2. The summed E-state index contributed by atoms with van der Waals surface area (Å²) in [4.78, 5) is 0. The molecule has 0 amide bonds. The largest absolute Gasteiger partial charge is 0.392 e. The summed E-state index contributed by atoms with van der Waals surface area (Å²) in [6.45, 7) is 3.42. The van der Waals surface area contributed by atoms with Gasteiger partial charge in [-0.15, -0.1) is 0 Å². The molecule has 0 spiro atoms. The lowest BCUT2D eigenvalue weighted by molar-refractivity contribution is -0.00680. The summed E-state index contributed by atoms with van der Waals surface area (Å²) in [5.74, 6) is -2.84. The van der Waals surface area contributed by atoms with Crippen LogP contribution in [-0.2, 0) is 5.92 Å². The van der Waals surface area contributed by atoms with E-state index in [1.54, 1.807) is 18.2 Å². The summed E-state index contributed by atoms with van der Waals surface area (Å²) in [5.41, 5.74) is -0.00784. The highest BCUT2D eigenvalue weighted by Gasteiger charge is 2.30. The highest BCUT2D eigenvalue weighted by Crippen LogP contribution is 2.26. The summed E-state index contributed by atoms with van der Waals surface area (Å²) in [5, 5.41) is 12.1. The van der Waals surface area contributed by atoms with Crippen molar-refractivity contribution in [3.05, 3.63) is 35.9 Å². The van der Waals surface area contributed by atoms with E-state index >= 15 is 0 Å². The number of aliphatic hydroxyl groups is 1. The van der Waals surface area contributed by atoms with Crippen molar-refractivity contribution >= 4 is 0 Å². The minimum Gasteiger partial charge on any atom is -0.392 e. The van der Waals surface area contributed by atoms with E-state index in [0.717, 1.165) is 0 Å². The maximum absolute atomic E-state index is 13.7. The molecular weight excluding hydrogens is 224 g/mol. The van der Waals surface area contributed by atoms with E-state index in [1.807, 2.05) is 13.8 Å². The van der Waals surface area contributed by atoms with Crippen molar-refractivity contribution in [2.45, 2.75) is 25.9 Å². The number of benzene rings is 1. The van der Waals surface area contributed by atoms with Crippen LogP contribution in [0.15, 0.2) is 30.3 Å². The zero-order valence-electron chi connectivity index (χ0n) is 10.2. The number of halogens is 2. The number of hydrogen-bond acceptors (Lipinski definition) is 2. The van der Waals surface area contributed by atoms with Gasteiger partial charge in [0, 0.05) is 12.1 Å². The van der Waals surface area contributed by atoms with E-state index in [0.29, 0.717) is 0 Å². The standard InChI is InChI=1S/C13H19F2NO/c1-10(2)12(17)8-16-9-13(14,15)11-6-4-3-5-7-11/h3-7,10,12,16-17H,8-9H2,1-2H3. The van der Waals surface area contributed by atoms with Gasteiger partial charge in [0.15, 0.2) is 0 Å². The Labute approximate surface area is 101 Å². The van der Waals surface area contributed by atoms with Crippen molar-refractivity contribution in [3.8, 4) is 0 Å². The minimum atomic E-state index is -2.90. The van der Waals surface area contributed by atoms with Crippen LogP contribution in [0.25, 0.3) is 0 Å². The zero-order chi connectivity index (χ0) is 12.9. The fraction of sp³-hybridized carbons (Fsp3) is 0.538. The van der Waals surface area contributed by atoms with Gasteiger partial charge in [-0.3, -0.25) is 0 Å². The van der Waals surface area contributed by atoms with Gasteiger partial charge < -0.3 is 10.4 Å². The Hall–Kier alpha value is -1.00. The predicted octanol–water partition coefficient (Wildman–Crippen LogP) is 2.38. The maximum Gasteiger partial charge on any atom is 0.285 e. The lowest BCUT2D eigenvalue weighted by Gasteiger charge is -2.20. The fourth-order valence-corrected chi connectivity index (χ4v) is 1.40. The molecule has 0 heterocycles. The van der Waals surface area contributed by atoms with Gasteiger partial charge in [0.05, 0.1) is 12.6 Å². The maximum atomic E-state index is 13.7. The molecule has 1 rings (SSSR count). The highest BCUT2D eigenvalue weighted by atomic mass is 19.3. The Morgan fingerprint density at radius 3 is 2.35 bits per heavy atom. The lowest BCUT2D eigenvalue weighted by Crippen LogP contribution is -2.37. The molecule has 96 valence electrons. The lowest BCUT2D eigenvalue weighted by atomic mass is 10.1. The molecule has 1 aromatic carbocycles. The third-order valence-corrected chi connectivity index (χ3v) is 2.67. The predicted molar refractivity (Wildman–Crippen MR) is 64.1 cm³/mol. The summed E-state index contributed by atoms with van der Waals surface area (Å²) in [7, 11) is 0. The van der Waals surface area contributed by atoms with Crippen molar-refractivity contribution in [1.82, 2.24) is 5.32 Å². The van der Waals surface area contributed by atoms with Crippen LogP contribution in [0.3, 0.4) is 0 Å². The number of alkyl halides is 2. The molecule has 1 aromatic rings. The summed E-state index contributed by atoms with van der Waals surface area (Å²) in [6, 6.07) is 7.69. The Balaban J connectivity index is 2.46. The van der Waals surface area contributed by atoms with E-state index < -0.39 is 18.6 Å². The Morgan fingerprint density at radius 1 is 1.24 bits per heavy atom. The monoisotopic (exact) mass is 243 g/mol. The SMILES string of the molecule is CC(C)C(O)CNCC(F)(F)c1ccccc1. The molecule has 1 unspecified atom stereocenters. The average molecular weight is 243 g/mol. The molecule has 0 aliphatic rings. The average Bonchev–Trinajstić information content (AvgIpc) is 2.29. The third-order valence-electron chi connectivity index (χ3n) is 2.67. The number of rotatable bonds is 6. The quantitative estimate of drug-likeness (QED) is 0.804. The van der Waals surface area contributed by atoms with Crippen LogP contribution in [0, 0.1) is 5.92 Å². The molecule has 0 fully saturated rings. The van der Waals surface area contributed by atoms with Gasteiger partial charge >= 0.3 is 0 Å². The van der Waals surface area contributed by atoms with Gasteiger partial charge in [0.2, 0.25) is 0 Å². The van der Waals surface area contributed by atoms with Gasteiger partial charge in [0.25, 0.3) is 5.92 Å². The highest BCUT2D eigenvalue weighted by molar-refractivity contribution is 5.20. The van der Waals surface area contributed by atoms with Gasteiger partial charge in [-0.1, -0.05) is 44.2 Å². The van der Waals surface area contributed by atoms with Crippen LogP contribution >= 0.6 is 0 Å². The zero-order valence-corrected chi connectivity index (χ0v) is 10.2. The first kappa shape index (κ1) is 14.1. The number of nitrogens with one attached hydrogen (secondary N) is 1. The molecule has 0 saturated carbocycles. The van der Waals surface area contributed by atoms with Gasteiger partial charge in [-0.05, 0) is 5.92 Å². The number of aliphatic hydroxyl groups excluding tert-OH is 1. The molecule has 0 bridgehead atoms. The normalized spacial score (nSPS) is 14.0. The molecular formula is C13H19F2NO. The second kappa shape index (κ2) is 6.07. The minimum absolute atomic E-state index is 0.00784. The molecule has 0 saturated heterocycles. The molecule has 0 aliphatic heterocycles. The molecule has 2 N–H and O–H groups in total. The van der Waals surface area contributed by atoms with Crippen LogP contribution in [-0.4, -0.2) is 24.3 Å². The smallest absolute Gasteiger partial charge is 0.285 e. The molecule has 0 aliphatic carbocycles. The van der Waals surface area contributed by atoms with Crippen LogP contribution < -0.4 is 5.32 Å². The first-order chi connectivity index (χ1) is 7.93. The molecule has 0 radical (unpaired) electrons. The van der Waals surface area contributed by atoms with Crippen molar-refractivity contribution < 1.29 is 13.9 Å². The Kier molecular flexibility index (Phi) is 5.02. The van der Waals surface area contributed by atoms with E-state index in [1.165, 1.54) is 12.1 Å². The van der Waals surface area contributed by atoms with E-state index in [-0.39, 0.29) is 18.0 Å². The topological polar surface area (TPSA) is 32.3 Å². The van der Waals surface area contributed by atoms with Crippen molar-refractivity contribution in [3.63, 3.8) is 0 Å². The van der Waals surface area contributed by atoms with Crippen LogP contribution in [0.1, 0.15) is 19.4 Å². The summed E-state index contributed by atoms with van der Waals surface area (Å²) in [6.07, 6.45) is -0.596. The van der Waals surface area contributed by atoms with Crippen molar-refractivity contribution in [2.24, 2.45) is 5.92 Å². The van der Waals surface area contributed by atoms with Gasteiger partial charge in [-0.25, -0.2) is 0 Å². The van der Waals surface area contributed by atoms with Gasteiger partial charge in [-0.2, -0.15) is 8.78 Å².